The molecule has 0 saturated heterocycles. The van der Waals surface area contributed by atoms with Gasteiger partial charge in [-0.05, 0) is 44.2 Å². The lowest BCUT2D eigenvalue weighted by Gasteiger charge is -2.11. The zero-order valence-electron chi connectivity index (χ0n) is 12.5. The van der Waals surface area contributed by atoms with Crippen molar-refractivity contribution in [3.8, 4) is 0 Å². The Hall–Kier alpha value is -1.20. The highest BCUT2D eigenvalue weighted by atomic mass is 32.2. The van der Waals surface area contributed by atoms with E-state index in [1.807, 2.05) is 0 Å². The first kappa shape index (κ1) is 16.2. The summed E-state index contributed by atoms with van der Waals surface area (Å²) in [6.45, 7) is 3.38. The Morgan fingerprint density at radius 2 is 2.05 bits per heavy atom. The third kappa shape index (κ3) is 5.98. The van der Waals surface area contributed by atoms with Gasteiger partial charge in [-0.2, -0.15) is 0 Å². The van der Waals surface area contributed by atoms with E-state index in [4.69, 9.17) is 0 Å². The monoisotopic (exact) mass is 308 g/mol. The second kappa shape index (κ2) is 8.29. The number of benzene rings is 1. The minimum absolute atomic E-state index is 0.110. The van der Waals surface area contributed by atoms with E-state index in [9.17, 15) is 9.90 Å². The molecule has 1 saturated carbocycles. The van der Waals surface area contributed by atoms with Crippen LogP contribution in [0.3, 0.4) is 0 Å². The van der Waals surface area contributed by atoms with Gasteiger partial charge in [-0.1, -0.05) is 17.7 Å². The van der Waals surface area contributed by atoms with E-state index in [-0.39, 0.29) is 12.1 Å². The van der Waals surface area contributed by atoms with Crippen molar-refractivity contribution in [2.75, 3.05) is 18.8 Å². The van der Waals surface area contributed by atoms with Gasteiger partial charge in [0.25, 0.3) is 0 Å². The molecule has 4 nitrogen and oxygen atoms in total. The van der Waals surface area contributed by atoms with Gasteiger partial charge in [0.1, 0.15) is 0 Å². The molecule has 0 radical (unpaired) electrons. The molecule has 21 heavy (non-hydrogen) atoms. The Morgan fingerprint density at radius 3 is 2.71 bits per heavy atom. The molecule has 0 aliphatic heterocycles. The van der Waals surface area contributed by atoms with E-state index in [0.29, 0.717) is 19.0 Å². The van der Waals surface area contributed by atoms with E-state index in [0.717, 1.165) is 25.0 Å². The molecule has 5 heteroatoms. The van der Waals surface area contributed by atoms with Crippen LogP contribution in [0.5, 0.6) is 0 Å². The number of hydrogen-bond donors (Lipinski definition) is 3. The summed E-state index contributed by atoms with van der Waals surface area (Å²) in [7, 11) is 0. The number of thioether (sulfide) groups is 1. The molecule has 0 bridgehead atoms. The molecule has 1 aliphatic rings. The smallest absolute Gasteiger partial charge is 0.314 e. The molecule has 3 N–H and O–H groups in total. The highest BCUT2D eigenvalue weighted by Gasteiger charge is 2.22. The first-order valence-electron chi connectivity index (χ1n) is 7.52. The highest BCUT2D eigenvalue weighted by molar-refractivity contribution is 7.99. The summed E-state index contributed by atoms with van der Waals surface area (Å²) in [5.41, 5.74) is 1.26. The molecule has 1 aromatic carbocycles. The number of urea groups is 1. The van der Waals surface area contributed by atoms with Crippen LogP contribution in [0.15, 0.2) is 29.2 Å². The summed E-state index contributed by atoms with van der Waals surface area (Å²) in [6.07, 6.45) is 2.50. The van der Waals surface area contributed by atoms with Gasteiger partial charge in [-0.25, -0.2) is 4.79 Å². The SMILES string of the molecule is Cc1ccc(SCCNC(=O)NC[C@H]2CC[C@H](O)C2)cc1. The normalized spacial score (nSPS) is 21.2. The Labute approximate surface area is 130 Å². The maximum atomic E-state index is 11.6. The van der Waals surface area contributed by atoms with E-state index in [1.54, 1.807) is 11.8 Å². The quantitative estimate of drug-likeness (QED) is 0.559. The first-order chi connectivity index (χ1) is 10.1. The molecule has 1 aliphatic carbocycles. The Morgan fingerprint density at radius 1 is 1.29 bits per heavy atom. The van der Waals surface area contributed by atoms with Gasteiger partial charge in [0.2, 0.25) is 0 Å². The van der Waals surface area contributed by atoms with Crippen molar-refractivity contribution in [1.82, 2.24) is 10.6 Å². The van der Waals surface area contributed by atoms with Crippen LogP contribution in [0.4, 0.5) is 4.79 Å². The van der Waals surface area contributed by atoms with Gasteiger partial charge in [-0.3, -0.25) is 0 Å². The van der Waals surface area contributed by atoms with E-state index in [1.165, 1.54) is 10.5 Å². The predicted octanol–water partition coefficient (Wildman–Crippen LogP) is 2.55. The Kier molecular flexibility index (Phi) is 6.39. The summed E-state index contributed by atoms with van der Waals surface area (Å²) in [6, 6.07) is 8.29. The number of aliphatic hydroxyl groups is 1. The van der Waals surface area contributed by atoms with Gasteiger partial charge in [0.05, 0.1) is 6.10 Å². The first-order valence-corrected chi connectivity index (χ1v) is 8.51. The topological polar surface area (TPSA) is 61.4 Å². The van der Waals surface area contributed by atoms with Gasteiger partial charge in [0, 0.05) is 23.7 Å². The van der Waals surface area contributed by atoms with Crippen molar-refractivity contribution in [1.29, 1.82) is 0 Å². The van der Waals surface area contributed by atoms with Crippen molar-refractivity contribution < 1.29 is 9.90 Å². The fraction of sp³-hybridized carbons (Fsp3) is 0.562. The molecule has 0 unspecified atom stereocenters. The van der Waals surface area contributed by atoms with Crippen molar-refractivity contribution in [2.45, 2.75) is 37.2 Å². The summed E-state index contributed by atoms with van der Waals surface area (Å²) in [4.78, 5) is 12.9. The number of carbonyl (C=O) groups excluding carboxylic acids is 1. The molecule has 2 rings (SSSR count). The standard InChI is InChI=1S/C16H24N2O2S/c1-12-2-6-15(7-3-12)21-9-8-17-16(20)18-11-13-4-5-14(19)10-13/h2-3,6-7,13-14,19H,4-5,8-11H2,1H3,(H2,17,18,20)/t13-,14-/m0/s1. The summed E-state index contributed by atoms with van der Waals surface area (Å²) in [5, 5.41) is 15.2. The molecule has 116 valence electrons. The minimum atomic E-state index is -0.175. The van der Waals surface area contributed by atoms with Crippen LogP contribution in [-0.4, -0.2) is 36.1 Å². The molecule has 1 fully saturated rings. The summed E-state index contributed by atoms with van der Waals surface area (Å²) < 4.78 is 0. The molecule has 1 aromatic rings. The lowest BCUT2D eigenvalue weighted by atomic mass is 10.1. The number of amides is 2. The van der Waals surface area contributed by atoms with Crippen molar-refractivity contribution >= 4 is 17.8 Å². The van der Waals surface area contributed by atoms with Gasteiger partial charge < -0.3 is 15.7 Å². The van der Waals surface area contributed by atoms with Crippen LogP contribution in [-0.2, 0) is 0 Å². The van der Waals surface area contributed by atoms with Crippen LogP contribution in [0.2, 0.25) is 0 Å². The third-order valence-corrected chi connectivity index (χ3v) is 4.76. The molecule has 0 heterocycles. The molecule has 2 atom stereocenters. The maximum Gasteiger partial charge on any atom is 0.314 e. The maximum absolute atomic E-state index is 11.6. The van der Waals surface area contributed by atoms with E-state index >= 15 is 0 Å². The number of aryl methyl sites for hydroxylation is 1. The Bertz CT molecular complexity index is 450. The summed E-state index contributed by atoms with van der Waals surface area (Å²) in [5.74, 6) is 1.28. The molecular formula is C16H24N2O2S. The van der Waals surface area contributed by atoms with E-state index in [2.05, 4.69) is 41.8 Å². The number of carbonyl (C=O) groups is 1. The molecular weight excluding hydrogens is 284 g/mol. The fourth-order valence-electron chi connectivity index (χ4n) is 2.50. The van der Waals surface area contributed by atoms with E-state index < -0.39 is 0 Å². The van der Waals surface area contributed by atoms with Crippen molar-refractivity contribution in [3.63, 3.8) is 0 Å². The van der Waals surface area contributed by atoms with Crippen LogP contribution < -0.4 is 10.6 Å². The van der Waals surface area contributed by atoms with Crippen molar-refractivity contribution in [3.05, 3.63) is 29.8 Å². The largest absolute Gasteiger partial charge is 0.393 e. The third-order valence-electron chi connectivity index (χ3n) is 3.74. The zero-order valence-corrected chi connectivity index (χ0v) is 13.3. The van der Waals surface area contributed by atoms with Crippen LogP contribution in [0.25, 0.3) is 0 Å². The number of rotatable bonds is 6. The zero-order chi connectivity index (χ0) is 15.1. The number of nitrogens with one attached hydrogen (secondary N) is 2. The van der Waals surface area contributed by atoms with Crippen molar-refractivity contribution in [2.24, 2.45) is 5.92 Å². The van der Waals surface area contributed by atoms with Gasteiger partial charge in [0.15, 0.2) is 0 Å². The lowest BCUT2D eigenvalue weighted by molar-refractivity contribution is 0.177. The van der Waals surface area contributed by atoms with Crippen LogP contribution in [0, 0.1) is 12.8 Å². The Balaban J connectivity index is 1.54. The van der Waals surface area contributed by atoms with Crippen LogP contribution >= 0.6 is 11.8 Å². The molecule has 0 spiro atoms. The van der Waals surface area contributed by atoms with Crippen LogP contribution in [0.1, 0.15) is 24.8 Å². The van der Waals surface area contributed by atoms with Gasteiger partial charge in [-0.15, -0.1) is 11.8 Å². The highest BCUT2D eigenvalue weighted by Crippen LogP contribution is 2.24. The second-order valence-corrected chi connectivity index (χ2v) is 6.80. The average Bonchev–Trinajstić information content (AvgIpc) is 2.89. The lowest BCUT2D eigenvalue weighted by Crippen LogP contribution is -2.38. The number of hydrogen-bond acceptors (Lipinski definition) is 3. The average molecular weight is 308 g/mol. The second-order valence-electron chi connectivity index (χ2n) is 5.63. The van der Waals surface area contributed by atoms with Gasteiger partial charge >= 0.3 is 6.03 Å². The molecule has 2 amide bonds. The molecule has 0 aromatic heterocycles. The summed E-state index contributed by atoms with van der Waals surface area (Å²) >= 11 is 1.74. The minimum Gasteiger partial charge on any atom is -0.393 e. The number of aliphatic hydroxyl groups excluding tert-OH is 1. The predicted molar refractivity (Wildman–Crippen MR) is 86.7 cm³/mol. The fourth-order valence-corrected chi connectivity index (χ4v) is 3.27.